The number of rotatable bonds is 3. The van der Waals surface area contributed by atoms with Crippen LogP contribution in [0.4, 0.5) is 0 Å². The molecule has 1 aliphatic rings. The van der Waals surface area contributed by atoms with Gasteiger partial charge in [-0.2, -0.15) is 5.10 Å². The molecule has 2 unspecified atom stereocenters. The highest BCUT2D eigenvalue weighted by Crippen LogP contribution is 2.31. The number of nitrogens with one attached hydrogen (secondary N) is 1. The molecule has 4 rings (SSSR count). The van der Waals surface area contributed by atoms with Gasteiger partial charge in [-0.05, 0) is 58.2 Å². The SMILES string of the molecule is Cc1ccccc1-n1nc(C)c2cc(C(=O)NC3CC(C)OC(C)C3)sc21. The van der Waals surface area contributed by atoms with Crippen LogP contribution in [0.5, 0.6) is 0 Å². The van der Waals surface area contributed by atoms with Crippen LogP contribution in [0.1, 0.15) is 47.6 Å². The molecule has 1 fully saturated rings. The topological polar surface area (TPSA) is 56.2 Å². The highest BCUT2D eigenvalue weighted by Gasteiger charge is 2.27. The third kappa shape index (κ3) is 3.51. The van der Waals surface area contributed by atoms with Gasteiger partial charge in [0, 0.05) is 11.4 Å². The van der Waals surface area contributed by atoms with E-state index in [0.29, 0.717) is 0 Å². The van der Waals surface area contributed by atoms with E-state index < -0.39 is 0 Å². The minimum atomic E-state index is -0.00164. The first kappa shape index (κ1) is 18.2. The summed E-state index contributed by atoms with van der Waals surface area (Å²) in [6.07, 6.45) is 2.07. The summed E-state index contributed by atoms with van der Waals surface area (Å²) in [5.74, 6) is -0.00164. The molecule has 3 aromatic rings. The lowest BCUT2D eigenvalue weighted by molar-refractivity contribution is -0.0407. The van der Waals surface area contributed by atoms with Crippen molar-refractivity contribution < 1.29 is 9.53 Å². The predicted molar refractivity (Wildman–Crippen MR) is 109 cm³/mol. The second-order valence-electron chi connectivity index (χ2n) is 7.51. The van der Waals surface area contributed by atoms with Gasteiger partial charge >= 0.3 is 0 Å². The third-order valence-corrected chi connectivity index (χ3v) is 6.25. The zero-order valence-electron chi connectivity index (χ0n) is 16.2. The molecule has 1 N–H and O–H groups in total. The highest BCUT2D eigenvalue weighted by molar-refractivity contribution is 7.20. The molecule has 0 bridgehead atoms. The Labute approximate surface area is 163 Å². The second-order valence-corrected chi connectivity index (χ2v) is 8.54. The maximum absolute atomic E-state index is 12.8. The largest absolute Gasteiger partial charge is 0.375 e. The molecule has 0 radical (unpaired) electrons. The van der Waals surface area contributed by atoms with E-state index in [-0.39, 0.29) is 24.2 Å². The summed E-state index contributed by atoms with van der Waals surface area (Å²) in [5.41, 5.74) is 3.15. The fraction of sp³-hybridized carbons (Fsp3) is 0.429. The number of aromatic nitrogens is 2. The summed E-state index contributed by atoms with van der Waals surface area (Å²) < 4.78 is 7.73. The van der Waals surface area contributed by atoms with Crippen LogP contribution in [0, 0.1) is 13.8 Å². The molecular weight excluding hydrogens is 358 g/mol. The van der Waals surface area contributed by atoms with Gasteiger partial charge in [0.05, 0.1) is 28.5 Å². The third-order valence-electron chi connectivity index (χ3n) is 5.14. The summed E-state index contributed by atoms with van der Waals surface area (Å²) in [4.78, 5) is 14.6. The number of nitrogens with zero attached hydrogens (tertiary/aromatic N) is 2. The summed E-state index contributed by atoms with van der Waals surface area (Å²) in [6.45, 7) is 8.20. The van der Waals surface area contributed by atoms with E-state index in [9.17, 15) is 4.79 Å². The van der Waals surface area contributed by atoms with E-state index in [1.165, 1.54) is 11.3 Å². The maximum atomic E-state index is 12.8. The highest BCUT2D eigenvalue weighted by atomic mass is 32.1. The van der Waals surface area contributed by atoms with Crippen molar-refractivity contribution in [2.24, 2.45) is 0 Å². The Kier molecular flexibility index (Phi) is 4.78. The molecule has 5 nitrogen and oxygen atoms in total. The van der Waals surface area contributed by atoms with Crippen LogP contribution in [-0.2, 0) is 4.74 Å². The molecule has 27 heavy (non-hydrogen) atoms. The molecular formula is C21H25N3O2S. The molecule has 1 amide bonds. The van der Waals surface area contributed by atoms with Crippen LogP contribution in [-0.4, -0.2) is 33.9 Å². The Balaban J connectivity index is 1.63. The molecule has 1 aromatic carbocycles. The Hall–Kier alpha value is -2.18. The van der Waals surface area contributed by atoms with Crippen molar-refractivity contribution >= 4 is 27.5 Å². The number of hydrogen-bond donors (Lipinski definition) is 1. The van der Waals surface area contributed by atoms with Crippen molar-refractivity contribution in [1.82, 2.24) is 15.1 Å². The summed E-state index contributed by atoms with van der Waals surface area (Å²) in [5, 5.41) is 8.94. The van der Waals surface area contributed by atoms with Gasteiger partial charge in [0.2, 0.25) is 0 Å². The van der Waals surface area contributed by atoms with Gasteiger partial charge in [-0.1, -0.05) is 18.2 Å². The fourth-order valence-corrected chi connectivity index (χ4v) is 4.98. The van der Waals surface area contributed by atoms with Crippen molar-refractivity contribution in [3.8, 4) is 5.69 Å². The number of thiophene rings is 1. The van der Waals surface area contributed by atoms with Crippen molar-refractivity contribution in [2.45, 2.75) is 58.8 Å². The standard InChI is InChI=1S/C21H25N3O2S/c1-12-7-5-6-8-18(12)24-21-17(15(4)23-24)11-19(27-21)20(25)22-16-9-13(2)26-14(3)10-16/h5-8,11,13-14,16H,9-10H2,1-4H3,(H,22,25). The normalized spacial score (nSPS) is 22.9. The Bertz CT molecular complexity index is 981. The van der Waals surface area contributed by atoms with E-state index in [0.717, 1.165) is 44.9 Å². The molecule has 142 valence electrons. The number of carbonyl (C=O) groups excluding carboxylic acids is 1. The van der Waals surface area contributed by atoms with Gasteiger partial charge in [-0.25, -0.2) is 4.68 Å². The minimum Gasteiger partial charge on any atom is -0.375 e. The number of ether oxygens (including phenoxy) is 1. The van der Waals surface area contributed by atoms with E-state index in [1.807, 2.05) is 29.8 Å². The molecule has 0 saturated carbocycles. The number of aryl methyl sites for hydroxylation is 2. The first-order chi connectivity index (χ1) is 12.9. The first-order valence-corrected chi connectivity index (χ1v) is 10.3. The van der Waals surface area contributed by atoms with Gasteiger partial charge in [0.25, 0.3) is 5.91 Å². The molecule has 1 aliphatic heterocycles. The number of benzene rings is 1. The van der Waals surface area contributed by atoms with E-state index >= 15 is 0 Å². The molecule has 0 spiro atoms. The zero-order valence-corrected chi connectivity index (χ0v) is 17.0. The van der Waals surface area contributed by atoms with Crippen molar-refractivity contribution in [3.05, 3.63) is 46.5 Å². The molecule has 1 saturated heterocycles. The Morgan fingerprint density at radius 1 is 1.22 bits per heavy atom. The first-order valence-electron chi connectivity index (χ1n) is 9.44. The average molecular weight is 384 g/mol. The van der Waals surface area contributed by atoms with Gasteiger partial charge < -0.3 is 10.1 Å². The van der Waals surface area contributed by atoms with E-state index in [2.05, 4.69) is 38.2 Å². The van der Waals surface area contributed by atoms with Crippen LogP contribution >= 0.6 is 11.3 Å². The van der Waals surface area contributed by atoms with Gasteiger partial charge in [-0.15, -0.1) is 11.3 Å². The van der Waals surface area contributed by atoms with Gasteiger partial charge in [0.15, 0.2) is 0 Å². The van der Waals surface area contributed by atoms with Gasteiger partial charge in [-0.3, -0.25) is 4.79 Å². The van der Waals surface area contributed by atoms with Crippen LogP contribution in [0.25, 0.3) is 15.9 Å². The Morgan fingerprint density at radius 2 is 1.93 bits per heavy atom. The zero-order chi connectivity index (χ0) is 19.1. The number of hydrogen-bond acceptors (Lipinski definition) is 4. The predicted octanol–water partition coefficient (Wildman–Crippen LogP) is 4.39. The van der Waals surface area contributed by atoms with Crippen molar-refractivity contribution in [3.63, 3.8) is 0 Å². The molecule has 2 atom stereocenters. The number of amides is 1. The monoisotopic (exact) mass is 383 g/mol. The van der Waals surface area contributed by atoms with E-state index in [1.54, 1.807) is 0 Å². The van der Waals surface area contributed by atoms with Crippen molar-refractivity contribution in [2.75, 3.05) is 0 Å². The van der Waals surface area contributed by atoms with Crippen LogP contribution in [0.2, 0.25) is 0 Å². The molecule has 6 heteroatoms. The number of fused-ring (bicyclic) bond motifs is 1. The molecule has 3 heterocycles. The maximum Gasteiger partial charge on any atom is 0.261 e. The number of para-hydroxylation sites is 1. The average Bonchev–Trinajstić information content (AvgIpc) is 3.16. The molecule has 2 aromatic heterocycles. The van der Waals surface area contributed by atoms with Crippen LogP contribution in [0.3, 0.4) is 0 Å². The van der Waals surface area contributed by atoms with Crippen LogP contribution in [0.15, 0.2) is 30.3 Å². The fourth-order valence-electron chi connectivity index (χ4n) is 3.90. The van der Waals surface area contributed by atoms with Gasteiger partial charge in [0.1, 0.15) is 4.83 Å². The Morgan fingerprint density at radius 3 is 2.63 bits per heavy atom. The lowest BCUT2D eigenvalue weighted by Gasteiger charge is -2.32. The quantitative estimate of drug-likeness (QED) is 0.730. The molecule has 0 aliphatic carbocycles. The minimum absolute atomic E-state index is 0.00164. The summed E-state index contributed by atoms with van der Waals surface area (Å²) in [7, 11) is 0. The lowest BCUT2D eigenvalue weighted by Crippen LogP contribution is -2.43. The lowest BCUT2D eigenvalue weighted by atomic mass is 10.00. The number of carbonyl (C=O) groups is 1. The van der Waals surface area contributed by atoms with Crippen LogP contribution < -0.4 is 5.32 Å². The van der Waals surface area contributed by atoms with E-state index in [4.69, 9.17) is 9.84 Å². The van der Waals surface area contributed by atoms with Crippen molar-refractivity contribution in [1.29, 1.82) is 0 Å². The second kappa shape index (κ2) is 7.09. The summed E-state index contributed by atoms with van der Waals surface area (Å²) in [6, 6.07) is 10.3. The summed E-state index contributed by atoms with van der Waals surface area (Å²) >= 11 is 1.50. The smallest absolute Gasteiger partial charge is 0.261 e.